The maximum Gasteiger partial charge on any atom is 0 e. The van der Waals surface area contributed by atoms with Crippen LogP contribution in [0.3, 0.4) is 0 Å². The molecular weight excluding hydrogens is 416 g/mol. The maximum absolute atomic E-state index is 2.22. The molecule has 0 unspecified atom stereocenters. The fourth-order valence-corrected chi connectivity index (χ4v) is 3.27. The Balaban J connectivity index is 0.000000213. The van der Waals surface area contributed by atoms with Crippen LogP contribution < -0.4 is 0 Å². The van der Waals surface area contributed by atoms with E-state index in [0.717, 1.165) is 0 Å². The fourth-order valence-electron chi connectivity index (χ4n) is 3.27. The molecule has 31 heavy (non-hydrogen) atoms. The zero-order valence-electron chi connectivity index (χ0n) is 18.7. The van der Waals surface area contributed by atoms with Crippen LogP contribution in [-0.4, -0.2) is 0 Å². The topological polar surface area (TPSA) is 0 Å². The van der Waals surface area contributed by atoms with Crippen molar-refractivity contribution < 1.29 is 17.1 Å². The van der Waals surface area contributed by atoms with E-state index in [0.29, 0.717) is 0 Å². The van der Waals surface area contributed by atoms with Gasteiger partial charge in [0.15, 0.2) is 0 Å². The van der Waals surface area contributed by atoms with Gasteiger partial charge in [0.2, 0.25) is 0 Å². The molecule has 4 aromatic rings. The monoisotopic (exact) mass is 446 g/mol. The second-order valence-corrected chi connectivity index (χ2v) is 7.82. The minimum absolute atomic E-state index is 0. The van der Waals surface area contributed by atoms with Crippen molar-refractivity contribution in [3.63, 3.8) is 0 Å². The molecule has 0 fully saturated rings. The first-order chi connectivity index (χ1) is 14.5. The summed E-state index contributed by atoms with van der Waals surface area (Å²) in [6, 6.07) is 34.0. The molecule has 0 radical (unpaired) electrons. The van der Waals surface area contributed by atoms with Gasteiger partial charge >= 0.3 is 0 Å². The van der Waals surface area contributed by atoms with Gasteiger partial charge in [-0.05, 0) is 13.8 Å². The number of aryl methyl sites for hydroxylation is 2. The summed E-state index contributed by atoms with van der Waals surface area (Å²) in [7, 11) is 0. The van der Waals surface area contributed by atoms with E-state index in [1.165, 1.54) is 44.5 Å². The van der Waals surface area contributed by atoms with Crippen molar-refractivity contribution in [3.05, 3.63) is 130 Å². The van der Waals surface area contributed by atoms with Crippen molar-refractivity contribution >= 4 is 23.3 Å². The number of hydrogen-bond donors (Lipinski definition) is 0. The van der Waals surface area contributed by atoms with Crippen LogP contribution in [0.1, 0.15) is 47.2 Å². The third kappa shape index (κ3) is 7.72. The summed E-state index contributed by atoms with van der Waals surface area (Å²) in [4.78, 5) is 0. The quantitative estimate of drug-likeness (QED) is 0.218. The van der Waals surface area contributed by atoms with Crippen molar-refractivity contribution in [3.8, 4) is 0 Å². The standard InChI is InChI=1S/2C15H15.Fe/c2*1-12-7-9-14(10-8-12)11-13(2)15-5-3-4-6-15;/h2*3-11H,1-2H3;/q2*-1;. The number of rotatable bonds is 4. The van der Waals surface area contributed by atoms with E-state index in [-0.39, 0.29) is 17.1 Å². The number of hydrogen-bond acceptors (Lipinski definition) is 0. The summed E-state index contributed by atoms with van der Waals surface area (Å²) in [5.74, 6) is 0. The maximum atomic E-state index is 2.22. The summed E-state index contributed by atoms with van der Waals surface area (Å²) < 4.78 is 0. The SMILES string of the molecule is CC(=Cc1ccc(C)cc1)[c-]1cccc1.CC(=Cc1ccc(C)cc1)[c-]1cccc1.[Fe]. The van der Waals surface area contributed by atoms with Gasteiger partial charge in [0.1, 0.15) is 0 Å². The Morgan fingerprint density at radius 1 is 0.548 bits per heavy atom. The fraction of sp³-hybridized carbons (Fsp3) is 0.133. The molecule has 4 aromatic carbocycles. The molecule has 0 aliphatic heterocycles. The van der Waals surface area contributed by atoms with Crippen molar-refractivity contribution in [2.24, 2.45) is 0 Å². The molecule has 0 heterocycles. The zero-order valence-corrected chi connectivity index (χ0v) is 19.9. The second-order valence-electron chi connectivity index (χ2n) is 7.82. The van der Waals surface area contributed by atoms with Crippen molar-refractivity contribution in [1.82, 2.24) is 0 Å². The average molecular weight is 446 g/mol. The summed E-state index contributed by atoms with van der Waals surface area (Å²) in [6.45, 7) is 8.51. The third-order valence-electron chi connectivity index (χ3n) is 5.16. The number of allylic oxidation sites excluding steroid dienone is 2. The van der Waals surface area contributed by atoms with Gasteiger partial charge in [0.25, 0.3) is 0 Å². The largest absolute Gasteiger partial charge is 0.174 e. The van der Waals surface area contributed by atoms with Crippen LogP contribution in [-0.2, 0) is 17.1 Å². The molecule has 0 nitrogen and oxygen atoms in total. The number of benzene rings is 2. The van der Waals surface area contributed by atoms with Crippen LogP contribution in [0.2, 0.25) is 0 Å². The summed E-state index contributed by atoms with van der Waals surface area (Å²) >= 11 is 0. The van der Waals surface area contributed by atoms with Gasteiger partial charge in [-0.1, -0.05) is 84.6 Å². The van der Waals surface area contributed by atoms with E-state index in [9.17, 15) is 0 Å². The van der Waals surface area contributed by atoms with Crippen LogP contribution >= 0.6 is 0 Å². The van der Waals surface area contributed by atoms with Crippen molar-refractivity contribution in [1.29, 1.82) is 0 Å². The van der Waals surface area contributed by atoms with Crippen LogP contribution in [0.25, 0.3) is 23.3 Å². The first kappa shape index (κ1) is 24.4. The van der Waals surface area contributed by atoms with Gasteiger partial charge in [-0.2, -0.15) is 24.3 Å². The molecule has 0 spiro atoms. The van der Waals surface area contributed by atoms with Crippen molar-refractivity contribution in [2.45, 2.75) is 27.7 Å². The molecule has 4 rings (SSSR count). The van der Waals surface area contributed by atoms with E-state index < -0.39 is 0 Å². The molecule has 0 bridgehead atoms. The summed E-state index contributed by atoms with van der Waals surface area (Å²) in [6.07, 6.45) is 4.43. The van der Waals surface area contributed by atoms with E-state index in [2.05, 4.69) is 137 Å². The Morgan fingerprint density at radius 3 is 1.13 bits per heavy atom. The van der Waals surface area contributed by atoms with Crippen LogP contribution in [0, 0.1) is 13.8 Å². The first-order valence-corrected chi connectivity index (χ1v) is 10.5. The molecule has 0 amide bonds. The Morgan fingerprint density at radius 2 is 0.839 bits per heavy atom. The predicted molar refractivity (Wildman–Crippen MR) is 134 cm³/mol. The second kappa shape index (κ2) is 12.1. The molecule has 0 aliphatic carbocycles. The van der Waals surface area contributed by atoms with Crippen LogP contribution in [0.5, 0.6) is 0 Å². The summed E-state index contributed by atoms with van der Waals surface area (Å²) in [5, 5.41) is 0. The van der Waals surface area contributed by atoms with E-state index in [4.69, 9.17) is 0 Å². The Kier molecular flexibility index (Phi) is 9.53. The van der Waals surface area contributed by atoms with Crippen LogP contribution in [0.4, 0.5) is 0 Å². The average Bonchev–Trinajstić information content (AvgIpc) is 3.46. The molecule has 0 saturated carbocycles. The normalized spacial score (nSPS) is 11.4. The van der Waals surface area contributed by atoms with E-state index in [1.54, 1.807) is 0 Å². The smallest absolute Gasteiger partial charge is 0 e. The van der Waals surface area contributed by atoms with Gasteiger partial charge in [-0.3, -0.25) is 0 Å². The van der Waals surface area contributed by atoms with Gasteiger partial charge < -0.3 is 0 Å². The molecule has 1 heteroatoms. The molecule has 0 N–H and O–H groups in total. The molecule has 0 saturated heterocycles. The van der Waals surface area contributed by atoms with Gasteiger partial charge in [-0.25, -0.2) is 0 Å². The van der Waals surface area contributed by atoms with E-state index in [1.807, 2.05) is 0 Å². The minimum Gasteiger partial charge on any atom is -0.174 e. The Hall–Kier alpha value is -2.86. The molecule has 0 aromatic heterocycles. The van der Waals surface area contributed by atoms with Crippen molar-refractivity contribution in [2.75, 3.05) is 0 Å². The molecule has 0 aliphatic rings. The van der Waals surface area contributed by atoms with Gasteiger partial charge in [0.05, 0.1) is 0 Å². The van der Waals surface area contributed by atoms with Gasteiger partial charge in [-0.15, -0.1) is 58.7 Å². The molecular formula is C30H30Fe-2. The summed E-state index contributed by atoms with van der Waals surface area (Å²) in [5.41, 5.74) is 10.4. The predicted octanol–water partition coefficient (Wildman–Crippen LogP) is 8.55. The minimum atomic E-state index is 0. The van der Waals surface area contributed by atoms with E-state index >= 15 is 0 Å². The first-order valence-electron chi connectivity index (χ1n) is 10.5. The van der Waals surface area contributed by atoms with Crippen LogP contribution in [0.15, 0.2) is 97.1 Å². The Bertz CT molecular complexity index is 981. The third-order valence-corrected chi connectivity index (χ3v) is 5.16. The molecule has 0 atom stereocenters. The molecule has 160 valence electrons. The zero-order chi connectivity index (χ0) is 21.3. The van der Waals surface area contributed by atoms with Gasteiger partial charge in [0, 0.05) is 17.1 Å². The Labute approximate surface area is 198 Å².